The summed E-state index contributed by atoms with van der Waals surface area (Å²) in [6, 6.07) is 6.61. The van der Waals surface area contributed by atoms with Gasteiger partial charge in [-0.25, -0.2) is 0 Å². The number of phenolic OH excluding ortho intramolecular Hbond substituents is 1. The lowest BCUT2D eigenvalue weighted by Crippen LogP contribution is -2.35. The predicted molar refractivity (Wildman–Crippen MR) is 57.8 cm³/mol. The Morgan fingerprint density at radius 3 is 2.93 bits per heavy atom. The minimum atomic E-state index is -0.121. The second kappa shape index (κ2) is 4.31. The number of anilines is 1. The van der Waals surface area contributed by atoms with Crippen molar-refractivity contribution < 1.29 is 9.90 Å². The summed E-state index contributed by atoms with van der Waals surface area (Å²) in [6.07, 6.45) is 1.89. The fourth-order valence-corrected chi connectivity index (χ4v) is 1.71. The van der Waals surface area contributed by atoms with Crippen molar-refractivity contribution in [3.8, 4) is 5.75 Å². The Hall–Kier alpha value is -1.55. The SMILES string of the molecule is O=C(Nc1ccccc1O)C1CCCN1. The average Bonchev–Trinajstić information content (AvgIpc) is 2.74. The molecule has 0 spiro atoms. The van der Waals surface area contributed by atoms with Gasteiger partial charge < -0.3 is 15.7 Å². The molecule has 0 aliphatic carbocycles. The maximum atomic E-state index is 11.7. The quantitative estimate of drug-likeness (QED) is 0.635. The van der Waals surface area contributed by atoms with Crippen LogP contribution in [0.5, 0.6) is 5.75 Å². The molecule has 1 aliphatic rings. The van der Waals surface area contributed by atoms with Crippen molar-refractivity contribution in [2.24, 2.45) is 0 Å². The van der Waals surface area contributed by atoms with Crippen LogP contribution in [0.3, 0.4) is 0 Å². The third kappa shape index (κ3) is 2.27. The standard InChI is InChI=1S/C11H14N2O2/c14-10-6-2-1-4-8(10)13-11(15)9-5-3-7-12-9/h1-2,4,6,9,12,14H,3,5,7H2,(H,13,15). The van der Waals surface area contributed by atoms with E-state index < -0.39 is 0 Å². The third-order valence-corrected chi connectivity index (χ3v) is 2.54. The summed E-state index contributed by atoms with van der Waals surface area (Å²) in [5, 5.41) is 15.3. The smallest absolute Gasteiger partial charge is 0.241 e. The number of benzene rings is 1. The number of aromatic hydroxyl groups is 1. The Labute approximate surface area is 88.3 Å². The van der Waals surface area contributed by atoms with E-state index in [1.54, 1.807) is 24.3 Å². The second-order valence-corrected chi connectivity index (χ2v) is 3.66. The molecule has 1 unspecified atom stereocenters. The van der Waals surface area contributed by atoms with Gasteiger partial charge in [0.25, 0.3) is 0 Å². The molecule has 1 aromatic rings. The minimum absolute atomic E-state index is 0.0750. The maximum absolute atomic E-state index is 11.7. The molecule has 80 valence electrons. The number of phenols is 1. The summed E-state index contributed by atoms with van der Waals surface area (Å²) in [5.74, 6) is 0.0258. The van der Waals surface area contributed by atoms with Crippen LogP contribution in [0.4, 0.5) is 5.69 Å². The number of carbonyl (C=O) groups excluding carboxylic acids is 1. The Kier molecular flexibility index (Phi) is 2.87. The van der Waals surface area contributed by atoms with Crippen LogP contribution in [-0.2, 0) is 4.79 Å². The lowest BCUT2D eigenvalue weighted by atomic mass is 10.2. The van der Waals surface area contributed by atoms with Crippen LogP contribution >= 0.6 is 0 Å². The van der Waals surface area contributed by atoms with E-state index in [1.165, 1.54) is 0 Å². The summed E-state index contributed by atoms with van der Waals surface area (Å²) in [6.45, 7) is 0.888. The lowest BCUT2D eigenvalue weighted by molar-refractivity contribution is -0.117. The fourth-order valence-electron chi connectivity index (χ4n) is 1.71. The number of nitrogens with one attached hydrogen (secondary N) is 2. The normalized spacial score (nSPS) is 20.1. The van der Waals surface area contributed by atoms with Gasteiger partial charge in [-0.15, -0.1) is 0 Å². The number of hydrogen-bond donors (Lipinski definition) is 3. The molecule has 1 saturated heterocycles. The van der Waals surface area contributed by atoms with Gasteiger partial charge in [-0.2, -0.15) is 0 Å². The average molecular weight is 206 g/mol. The summed E-state index contributed by atoms with van der Waals surface area (Å²) < 4.78 is 0. The first-order valence-electron chi connectivity index (χ1n) is 5.09. The van der Waals surface area contributed by atoms with Gasteiger partial charge in [0.05, 0.1) is 11.7 Å². The predicted octanol–water partition coefficient (Wildman–Crippen LogP) is 1.08. The molecular formula is C11H14N2O2. The van der Waals surface area contributed by atoms with Crippen LogP contribution < -0.4 is 10.6 Å². The molecule has 1 atom stereocenters. The lowest BCUT2D eigenvalue weighted by Gasteiger charge is -2.11. The molecule has 0 bridgehead atoms. The molecule has 4 nitrogen and oxygen atoms in total. The van der Waals surface area contributed by atoms with E-state index in [-0.39, 0.29) is 17.7 Å². The number of hydrogen-bond acceptors (Lipinski definition) is 3. The molecule has 2 rings (SSSR count). The van der Waals surface area contributed by atoms with Crippen LogP contribution in [-0.4, -0.2) is 23.6 Å². The van der Waals surface area contributed by atoms with Gasteiger partial charge in [-0.05, 0) is 31.5 Å². The van der Waals surface area contributed by atoms with Crippen LogP contribution in [0.25, 0.3) is 0 Å². The van der Waals surface area contributed by atoms with Gasteiger partial charge in [0.1, 0.15) is 5.75 Å². The summed E-state index contributed by atoms with van der Waals surface area (Å²) in [4.78, 5) is 11.7. The number of para-hydroxylation sites is 2. The van der Waals surface area contributed by atoms with E-state index in [0.717, 1.165) is 19.4 Å². The minimum Gasteiger partial charge on any atom is -0.506 e. The van der Waals surface area contributed by atoms with Crippen molar-refractivity contribution in [1.29, 1.82) is 0 Å². The Morgan fingerprint density at radius 1 is 1.47 bits per heavy atom. The van der Waals surface area contributed by atoms with Crippen molar-refractivity contribution >= 4 is 11.6 Å². The van der Waals surface area contributed by atoms with Crippen molar-refractivity contribution in [3.63, 3.8) is 0 Å². The van der Waals surface area contributed by atoms with Gasteiger partial charge in [-0.3, -0.25) is 4.79 Å². The van der Waals surface area contributed by atoms with Crippen molar-refractivity contribution in [1.82, 2.24) is 5.32 Å². The van der Waals surface area contributed by atoms with Crippen LogP contribution in [0.1, 0.15) is 12.8 Å². The monoisotopic (exact) mass is 206 g/mol. The first-order chi connectivity index (χ1) is 7.27. The van der Waals surface area contributed by atoms with Gasteiger partial charge in [0, 0.05) is 0 Å². The van der Waals surface area contributed by atoms with E-state index in [1.807, 2.05) is 0 Å². The van der Waals surface area contributed by atoms with Crippen LogP contribution in [0.15, 0.2) is 24.3 Å². The van der Waals surface area contributed by atoms with Crippen molar-refractivity contribution in [2.75, 3.05) is 11.9 Å². The first kappa shape index (κ1) is 9.98. The zero-order valence-electron chi connectivity index (χ0n) is 8.36. The van der Waals surface area contributed by atoms with Crippen LogP contribution in [0.2, 0.25) is 0 Å². The number of rotatable bonds is 2. The molecule has 15 heavy (non-hydrogen) atoms. The first-order valence-corrected chi connectivity index (χ1v) is 5.09. The molecule has 1 heterocycles. The van der Waals surface area contributed by atoms with Crippen molar-refractivity contribution in [3.05, 3.63) is 24.3 Å². The largest absolute Gasteiger partial charge is 0.506 e. The van der Waals surface area contributed by atoms with Gasteiger partial charge in [-0.1, -0.05) is 12.1 Å². The zero-order valence-corrected chi connectivity index (χ0v) is 8.36. The Morgan fingerprint density at radius 2 is 2.27 bits per heavy atom. The fraction of sp³-hybridized carbons (Fsp3) is 0.364. The van der Waals surface area contributed by atoms with Crippen LogP contribution in [0, 0.1) is 0 Å². The highest BCUT2D eigenvalue weighted by molar-refractivity contribution is 5.96. The molecule has 1 amide bonds. The van der Waals surface area contributed by atoms with Gasteiger partial charge in [0.2, 0.25) is 5.91 Å². The molecule has 4 heteroatoms. The molecule has 1 aromatic carbocycles. The maximum Gasteiger partial charge on any atom is 0.241 e. The highest BCUT2D eigenvalue weighted by Gasteiger charge is 2.22. The topological polar surface area (TPSA) is 61.4 Å². The van der Waals surface area contributed by atoms with E-state index in [9.17, 15) is 9.90 Å². The highest BCUT2D eigenvalue weighted by atomic mass is 16.3. The van der Waals surface area contributed by atoms with E-state index in [0.29, 0.717) is 5.69 Å². The van der Waals surface area contributed by atoms with E-state index >= 15 is 0 Å². The molecule has 0 radical (unpaired) electrons. The summed E-state index contributed by atoms with van der Waals surface area (Å²) >= 11 is 0. The molecule has 0 saturated carbocycles. The molecule has 1 fully saturated rings. The van der Waals surface area contributed by atoms with Gasteiger partial charge >= 0.3 is 0 Å². The van der Waals surface area contributed by atoms with E-state index in [2.05, 4.69) is 10.6 Å². The number of amides is 1. The summed E-state index contributed by atoms with van der Waals surface area (Å²) in [7, 11) is 0. The van der Waals surface area contributed by atoms with Crippen molar-refractivity contribution in [2.45, 2.75) is 18.9 Å². The van der Waals surface area contributed by atoms with E-state index in [4.69, 9.17) is 0 Å². The Balaban J connectivity index is 2.02. The third-order valence-electron chi connectivity index (χ3n) is 2.54. The molecule has 3 N–H and O–H groups in total. The molecule has 1 aliphatic heterocycles. The van der Waals surface area contributed by atoms with Gasteiger partial charge in [0.15, 0.2) is 0 Å². The second-order valence-electron chi connectivity index (χ2n) is 3.66. The summed E-state index contributed by atoms with van der Waals surface area (Å²) in [5.41, 5.74) is 0.469. The number of carbonyl (C=O) groups is 1. The highest BCUT2D eigenvalue weighted by Crippen LogP contribution is 2.22. The molecule has 0 aromatic heterocycles. The zero-order chi connectivity index (χ0) is 10.7. The Bertz CT molecular complexity index is 359. The molecular weight excluding hydrogens is 192 g/mol.